The van der Waals surface area contributed by atoms with E-state index < -0.39 is 17.8 Å². The number of carbonyl (C=O) groups is 2. The third kappa shape index (κ3) is 6.85. The van der Waals surface area contributed by atoms with E-state index in [2.05, 4.69) is 5.32 Å². The lowest BCUT2D eigenvalue weighted by Crippen LogP contribution is -2.50. The lowest BCUT2D eigenvalue weighted by molar-refractivity contribution is -0.143. The van der Waals surface area contributed by atoms with Crippen molar-refractivity contribution >= 4 is 11.8 Å². The van der Waals surface area contributed by atoms with Crippen LogP contribution in [0.3, 0.4) is 0 Å². The van der Waals surface area contributed by atoms with Gasteiger partial charge in [-0.15, -0.1) is 0 Å². The van der Waals surface area contributed by atoms with Crippen LogP contribution >= 0.6 is 0 Å². The molecular weight excluding hydrogens is 378 g/mol. The fourth-order valence-corrected chi connectivity index (χ4v) is 2.83. The van der Waals surface area contributed by atoms with Gasteiger partial charge in [0, 0.05) is 13.1 Å². The number of nitrogens with one attached hydrogen (secondary N) is 1. The molecule has 0 aliphatic heterocycles. The lowest BCUT2D eigenvalue weighted by Gasteiger charge is -2.30. The van der Waals surface area contributed by atoms with E-state index in [1.807, 2.05) is 13.8 Å². The van der Waals surface area contributed by atoms with Crippen molar-refractivity contribution in [2.45, 2.75) is 39.3 Å². The Hall–Kier alpha value is -2.96. The van der Waals surface area contributed by atoms with Crippen molar-refractivity contribution in [1.29, 1.82) is 0 Å². The molecule has 0 saturated carbocycles. The first-order chi connectivity index (χ1) is 13.9. The number of rotatable bonds is 10. The molecule has 0 aromatic heterocycles. The molecule has 0 bridgehead atoms. The van der Waals surface area contributed by atoms with Crippen LogP contribution in [0.25, 0.3) is 0 Å². The number of hydrogen-bond acceptors (Lipinski definition) is 3. The Kier molecular flexibility index (Phi) is 8.58. The first kappa shape index (κ1) is 22.3. The lowest BCUT2D eigenvalue weighted by atomic mass is 10.1. The maximum atomic E-state index is 13.2. The van der Waals surface area contributed by atoms with Gasteiger partial charge in [0.05, 0.1) is 0 Å². The Bertz CT molecular complexity index is 795. The van der Waals surface area contributed by atoms with E-state index in [1.165, 1.54) is 41.3 Å². The van der Waals surface area contributed by atoms with E-state index in [-0.39, 0.29) is 24.9 Å². The number of benzene rings is 2. The minimum atomic E-state index is -0.684. The van der Waals surface area contributed by atoms with Gasteiger partial charge in [-0.05, 0) is 54.8 Å². The second kappa shape index (κ2) is 11.1. The number of ether oxygens (including phenoxy) is 1. The highest BCUT2D eigenvalue weighted by Crippen LogP contribution is 2.15. The summed E-state index contributed by atoms with van der Waals surface area (Å²) in [4.78, 5) is 26.9. The zero-order chi connectivity index (χ0) is 21.2. The largest absolute Gasteiger partial charge is 0.484 e. The molecule has 1 N–H and O–H groups in total. The standard InChI is InChI=1S/C22H26F2N2O3/c1-3-13-25-22(28)20(4-2)26(14-16-5-7-17(23)8-6-16)21(27)15-29-19-11-9-18(24)10-12-19/h5-12,20H,3-4,13-15H2,1-2H3,(H,25,28)/t20-/m0/s1. The number of carbonyl (C=O) groups excluding carboxylic acids is 2. The van der Waals surface area contributed by atoms with Gasteiger partial charge in [-0.1, -0.05) is 26.0 Å². The van der Waals surface area contributed by atoms with Gasteiger partial charge in [0.2, 0.25) is 5.91 Å². The summed E-state index contributed by atoms with van der Waals surface area (Å²) in [7, 11) is 0. The minimum Gasteiger partial charge on any atom is -0.484 e. The first-order valence-electron chi connectivity index (χ1n) is 9.64. The molecule has 2 rings (SSSR count). The summed E-state index contributed by atoms with van der Waals surface area (Å²) in [5, 5.41) is 2.82. The molecule has 2 amide bonds. The van der Waals surface area contributed by atoms with Gasteiger partial charge in [0.15, 0.2) is 6.61 Å². The molecule has 156 valence electrons. The van der Waals surface area contributed by atoms with Crippen LogP contribution in [0.1, 0.15) is 32.3 Å². The molecule has 2 aromatic carbocycles. The second-order valence-electron chi connectivity index (χ2n) is 6.61. The summed E-state index contributed by atoms with van der Waals surface area (Å²) in [6, 6.07) is 10.4. The molecule has 29 heavy (non-hydrogen) atoms. The Labute approximate surface area is 169 Å². The maximum absolute atomic E-state index is 13.2. The molecule has 0 aliphatic carbocycles. The number of amides is 2. The normalized spacial score (nSPS) is 11.6. The highest BCUT2D eigenvalue weighted by atomic mass is 19.1. The predicted octanol–water partition coefficient (Wildman–Crippen LogP) is 3.68. The van der Waals surface area contributed by atoms with Crippen molar-refractivity contribution < 1.29 is 23.1 Å². The zero-order valence-electron chi connectivity index (χ0n) is 16.7. The molecule has 0 unspecified atom stereocenters. The third-order valence-corrected chi connectivity index (χ3v) is 4.38. The molecule has 0 radical (unpaired) electrons. The quantitative estimate of drug-likeness (QED) is 0.657. The molecule has 0 spiro atoms. The Morgan fingerprint density at radius 1 is 1.00 bits per heavy atom. The Balaban J connectivity index is 2.16. The fraction of sp³-hybridized carbons (Fsp3) is 0.364. The van der Waals surface area contributed by atoms with Crippen LogP contribution in [0.15, 0.2) is 48.5 Å². The van der Waals surface area contributed by atoms with E-state index >= 15 is 0 Å². The number of halogens is 2. The number of hydrogen-bond donors (Lipinski definition) is 1. The summed E-state index contributed by atoms with van der Waals surface area (Å²) in [5.41, 5.74) is 0.697. The first-order valence-corrected chi connectivity index (χ1v) is 9.64. The topological polar surface area (TPSA) is 58.6 Å². The third-order valence-electron chi connectivity index (χ3n) is 4.38. The van der Waals surface area contributed by atoms with E-state index in [0.29, 0.717) is 24.3 Å². The summed E-state index contributed by atoms with van der Waals surface area (Å²) < 4.78 is 31.7. The van der Waals surface area contributed by atoms with Crippen LogP contribution < -0.4 is 10.1 Å². The van der Waals surface area contributed by atoms with Crippen LogP contribution in [0.2, 0.25) is 0 Å². The minimum absolute atomic E-state index is 0.143. The molecule has 1 atom stereocenters. The van der Waals surface area contributed by atoms with Crippen LogP contribution in [-0.2, 0) is 16.1 Å². The van der Waals surface area contributed by atoms with Crippen molar-refractivity contribution in [3.8, 4) is 5.75 Å². The van der Waals surface area contributed by atoms with E-state index in [0.717, 1.165) is 6.42 Å². The summed E-state index contributed by atoms with van der Waals surface area (Å²) in [6.45, 7) is 4.12. The van der Waals surface area contributed by atoms with Crippen molar-refractivity contribution in [1.82, 2.24) is 10.2 Å². The molecule has 7 heteroatoms. The van der Waals surface area contributed by atoms with Crippen molar-refractivity contribution in [3.63, 3.8) is 0 Å². The molecule has 0 aliphatic rings. The van der Waals surface area contributed by atoms with Crippen molar-refractivity contribution in [2.24, 2.45) is 0 Å². The second-order valence-corrected chi connectivity index (χ2v) is 6.61. The highest BCUT2D eigenvalue weighted by molar-refractivity contribution is 5.88. The molecule has 0 fully saturated rings. The fourth-order valence-electron chi connectivity index (χ4n) is 2.83. The molecule has 0 saturated heterocycles. The zero-order valence-corrected chi connectivity index (χ0v) is 16.7. The van der Waals surface area contributed by atoms with Gasteiger partial charge in [0.1, 0.15) is 23.4 Å². The van der Waals surface area contributed by atoms with Gasteiger partial charge in [-0.3, -0.25) is 9.59 Å². The van der Waals surface area contributed by atoms with Gasteiger partial charge < -0.3 is 15.0 Å². The maximum Gasteiger partial charge on any atom is 0.261 e. The molecule has 2 aromatic rings. The van der Waals surface area contributed by atoms with E-state index in [4.69, 9.17) is 4.74 Å². The van der Waals surface area contributed by atoms with Gasteiger partial charge in [-0.25, -0.2) is 8.78 Å². The average Bonchev–Trinajstić information content (AvgIpc) is 2.72. The van der Waals surface area contributed by atoms with Crippen LogP contribution in [0, 0.1) is 11.6 Å². The van der Waals surface area contributed by atoms with Gasteiger partial charge >= 0.3 is 0 Å². The predicted molar refractivity (Wildman–Crippen MR) is 106 cm³/mol. The molecule has 5 nitrogen and oxygen atoms in total. The van der Waals surface area contributed by atoms with Gasteiger partial charge in [0.25, 0.3) is 5.91 Å². The smallest absolute Gasteiger partial charge is 0.261 e. The highest BCUT2D eigenvalue weighted by Gasteiger charge is 2.28. The Morgan fingerprint density at radius 3 is 2.14 bits per heavy atom. The molecule has 0 heterocycles. The van der Waals surface area contributed by atoms with E-state index in [1.54, 1.807) is 12.1 Å². The average molecular weight is 404 g/mol. The SMILES string of the molecule is CCCNC(=O)[C@H](CC)N(Cc1ccc(F)cc1)C(=O)COc1ccc(F)cc1. The van der Waals surface area contributed by atoms with Crippen molar-refractivity contribution in [3.05, 3.63) is 65.7 Å². The monoisotopic (exact) mass is 404 g/mol. The summed E-state index contributed by atoms with van der Waals surface area (Å²) in [6.07, 6.45) is 1.20. The Morgan fingerprint density at radius 2 is 1.59 bits per heavy atom. The van der Waals surface area contributed by atoms with E-state index in [9.17, 15) is 18.4 Å². The van der Waals surface area contributed by atoms with Gasteiger partial charge in [-0.2, -0.15) is 0 Å². The van der Waals surface area contributed by atoms with Crippen LogP contribution in [-0.4, -0.2) is 35.9 Å². The summed E-state index contributed by atoms with van der Waals surface area (Å²) in [5.74, 6) is -1.06. The number of nitrogens with zero attached hydrogens (tertiary/aromatic N) is 1. The molecular formula is C22H26F2N2O3. The van der Waals surface area contributed by atoms with Crippen molar-refractivity contribution in [2.75, 3.05) is 13.2 Å². The van der Waals surface area contributed by atoms with Crippen LogP contribution in [0.4, 0.5) is 8.78 Å². The van der Waals surface area contributed by atoms with Crippen LogP contribution in [0.5, 0.6) is 5.75 Å². The summed E-state index contributed by atoms with van der Waals surface area (Å²) >= 11 is 0.